The molecule has 1 atom stereocenters. The fourth-order valence-corrected chi connectivity index (χ4v) is 1.46. The lowest BCUT2D eigenvalue weighted by molar-refractivity contribution is -0.147. The van der Waals surface area contributed by atoms with Crippen LogP contribution in [0.4, 0.5) is 0 Å². The minimum Gasteiger partial charge on any atom is -0.481 e. The van der Waals surface area contributed by atoms with E-state index in [-0.39, 0.29) is 18.1 Å². The maximum atomic E-state index is 11.5. The zero-order chi connectivity index (χ0) is 13.3. The van der Waals surface area contributed by atoms with E-state index in [4.69, 9.17) is 9.84 Å². The number of ether oxygens (including phenoxy) is 1. The number of carbonyl (C=O) groups is 2. The minimum atomic E-state index is -1.06. The van der Waals surface area contributed by atoms with Gasteiger partial charge in [0.2, 0.25) is 0 Å². The van der Waals surface area contributed by atoms with Crippen LogP contribution in [-0.2, 0) is 14.3 Å². The van der Waals surface area contributed by atoms with Gasteiger partial charge in [-0.15, -0.1) is 0 Å². The first kappa shape index (κ1) is 15.7. The number of aliphatic carboxylic acids is 1. The quantitative estimate of drug-likeness (QED) is 0.383. The molecule has 0 fully saturated rings. The predicted octanol–water partition coefficient (Wildman–Crippen LogP) is 2.92. The topological polar surface area (TPSA) is 63.6 Å². The number of carboxylic acids is 1. The van der Waals surface area contributed by atoms with Crippen LogP contribution >= 0.6 is 0 Å². The summed E-state index contributed by atoms with van der Waals surface area (Å²) in [5.41, 5.74) is 0.00596. The van der Waals surface area contributed by atoms with Gasteiger partial charge in [-0.2, -0.15) is 0 Å². The second-order valence-corrected chi connectivity index (χ2v) is 4.11. The Labute approximate surface area is 103 Å². The van der Waals surface area contributed by atoms with Crippen LogP contribution in [0.3, 0.4) is 0 Å². The summed E-state index contributed by atoms with van der Waals surface area (Å²) < 4.78 is 5.21. The van der Waals surface area contributed by atoms with E-state index in [1.807, 2.05) is 6.92 Å². The first-order chi connectivity index (χ1) is 8.01. The molecule has 0 rings (SSSR count). The molecule has 0 bridgehead atoms. The highest BCUT2D eigenvalue weighted by Gasteiger charge is 2.16. The fourth-order valence-electron chi connectivity index (χ4n) is 1.46. The molecular formula is C13H22O4. The maximum Gasteiger partial charge on any atom is 0.334 e. The average Bonchev–Trinajstić information content (AvgIpc) is 2.26. The van der Waals surface area contributed by atoms with Gasteiger partial charge in [-0.25, -0.2) is 4.79 Å². The van der Waals surface area contributed by atoms with E-state index < -0.39 is 11.9 Å². The molecule has 0 spiro atoms. The van der Waals surface area contributed by atoms with E-state index in [1.54, 1.807) is 0 Å². The van der Waals surface area contributed by atoms with E-state index in [9.17, 15) is 9.59 Å². The maximum absolute atomic E-state index is 11.5. The summed E-state index contributed by atoms with van der Waals surface area (Å²) in [5.74, 6) is -1.65. The van der Waals surface area contributed by atoms with Crippen LogP contribution < -0.4 is 0 Å². The Kier molecular flexibility index (Phi) is 8.11. The summed E-state index contributed by atoms with van der Waals surface area (Å²) in [7, 11) is 0. The molecule has 0 aliphatic carbocycles. The molecule has 4 nitrogen and oxygen atoms in total. The zero-order valence-corrected chi connectivity index (χ0v) is 10.7. The summed E-state index contributed by atoms with van der Waals surface area (Å²) in [6, 6.07) is 0. The lowest BCUT2D eigenvalue weighted by Gasteiger charge is -2.16. The van der Waals surface area contributed by atoms with Crippen molar-refractivity contribution >= 4 is 11.9 Å². The Hall–Kier alpha value is -1.32. The number of carboxylic acid groups (broad SMARTS) is 1. The average molecular weight is 242 g/mol. The van der Waals surface area contributed by atoms with Gasteiger partial charge in [0.05, 0.1) is 6.42 Å². The normalized spacial score (nSPS) is 11.9. The molecular weight excluding hydrogens is 220 g/mol. The van der Waals surface area contributed by atoms with E-state index in [0.717, 1.165) is 32.1 Å². The van der Waals surface area contributed by atoms with Crippen molar-refractivity contribution in [2.45, 2.75) is 58.5 Å². The predicted molar refractivity (Wildman–Crippen MR) is 65.7 cm³/mol. The molecule has 17 heavy (non-hydrogen) atoms. The van der Waals surface area contributed by atoms with Crippen LogP contribution in [0.15, 0.2) is 12.2 Å². The zero-order valence-electron chi connectivity index (χ0n) is 10.7. The summed E-state index contributed by atoms with van der Waals surface area (Å²) in [6.45, 7) is 7.48. The van der Waals surface area contributed by atoms with Gasteiger partial charge in [0.15, 0.2) is 0 Å². The molecule has 0 saturated carbocycles. The number of rotatable bonds is 9. The Morgan fingerprint density at radius 2 is 1.94 bits per heavy atom. The van der Waals surface area contributed by atoms with Crippen LogP contribution in [0.1, 0.15) is 52.4 Å². The molecule has 0 aliphatic heterocycles. The summed E-state index contributed by atoms with van der Waals surface area (Å²) in [4.78, 5) is 21.9. The number of carbonyl (C=O) groups excluding carboxylic acids is 1. The summed E-state index contributed by atoms with van der Waals surface area (Å²) in [5, 5.41) is 8.53. The summed E-state index contributed by atoms with van der Waals surface area (Å²) >= 11 is 0. The van der Waals surface area contributed by atoms with Gasteiger partial charge in [0.1, 0.15) is 6.10 Å². The first-order valence-electron chi connectivity index (χ1n) is 6.11. The second kappa shape index (κ2) is 8.79. The lowest BCUT2D eigenvalue weighted by atomic mass is 10.1. The van der Waals surface area contributed by atoms with Crippen molar-refractivity contribution < 1.29 is 19.4 Å². The molecule has 0 radical (unpaired) electrons. The first-order valence-corrected chi connectivity index (χ1v) is 6.11. The van der Waals surface area contributed by atoms with Crippen molar-refractivity contribution in [3.8, 4) is 0 Å². The Morgan fingerprint density at radius 1 is 1.29 bits per heavy atom. The van der Waals surface area contributed by atoms with Gasteiger partial charge in [0, 0.05) is 5.57 Å². The van der Waals surface area contributed by atoms with Crippen LogP contribution in [0.25, 0.3) is 0 Å². The molecule has 0 saturated heterocycles. The molecule has 0 aromatic heterocycles. The Balaban J connectivity index is 4.04. The van der Waals surface area contributed by atoms with Crippen molar-refractivity contribution in [2.24, 2.45) is 0 Å². The second-order valence-electron chi connectivity index (χ2n) is 4.11. The molecule has 0 aromatic carbocycles. The van der Waals surface area contributed by atoms with E-state index in [0.29, 0.717) is 0 Å². The third-order valence-corrected chi connectivity index (χ3v) is 2.51. The third-order valence-electron chi connectivity index (χ3n) is 2.51. The van der Waals surface area contributed by atoms with Crippen molar-refractivity contribution in [1.29, 1.82) is 0 Å². The highest BCUT2D eigenvalue weighted by molar-refractivity contribution is 5.92. The number of hydrogen-bond acceptors (Lipinski definition) is 3. The van der Waals surface area contributed by atoms with Gasteiger partial charge in [-0.05, 0) is 19.3 Å². The van der Waals surface area contributed by atoms with Crippen LogP contribution in [0.2, 0.25) is 0 Å². The molecule has 0 aromatic rings. The van der Waals surface area contributed by atoms with Crippen molar-refractivity contribution in [3.63, 3.8) is 0 Å². The van der Waals surface area contributed by atoms with Crippen LogP contribution in [0.5, 0.6) is 0 Å². The Bertz CT molecular complexity index is 271. The smallest absolute Gasteiger partial charge is 0.334 e. The molecule has 0 amide bonds. The molecule has 1 N–H and O–H groups in total. The van der Waals surface area contributed by atoms with Crippen molar-refractivity contribution in [3.05, 3.63) is 12.2 Å². The third kappa shape index (κ3) is 7.55. The van der Waals surface area contributed by atoms with Gasteiger partial charge < -0.3 is 9.84 Å². The lowest BCUT2D eigenvalue weighted by Crippen LogP contribution is -2.19. The number of unbranched alkanes of at least 4 members (excludes halogenated alkanes) is 2. The van der Waals surface area contributed by atoms with E-state index >= 15 is 0 Å². The largest absolute Gasteiger partial charge is 0.481 e. The molecule has 0 heterocycles. The fraction of sp³-hybridized carbons (Fsp3) is 0.692. The number of hydrogen-bond donors (Lipinski definition) is 1. The molecule has 4 heteroatoms. The summed E-state index contributed by atoms with van der Waals surface area (Å²) in [6.07, 6.45) is 4.35. The minimum absolute atomic E-state index is 0.00596. The van der Waals surface area contributed by atoms with E-state index in [1.165, 1.54) is 0 Å². The Morgan fingerprint density at radius 3 is 2.41 bits per heavy atom. The van der Waals surface area contributed by atoms with Gasteiger partial charge in [-0.1, -0.05) is 33.3 Å². The van der Waals surface area contributed by atoms with Gasteiger partial charge in [0.25, 0.3) is 0 Å². The standard InChI is InChI=1S/C13H22O4/c1-4-6-7-8-11(5-2)17-13(16)10(3)9-12(14)15/h11H,3-9H2,1-2H3,(H,14,15). The SMILES string of the molecule is C=C(CC(=O)O)C(=O)OC(CC)CCCCC. The molecule has 98 valence electrons. The highest BCUT2D eigenvalue weighted by atomic mass is 16.5. The van der Waals surface area contributed by atoms with Gasteiger partial charge in [-0.3, -0.25) is 4.79 Å². The van der Waals surface area contributed by atoms with Crippen LogP contribution in [0, 0.1) is 0 Å². The highest BCUT2D eigenvalue weighted by Crippen LogP contribution is 2.12. The monoisotopic (exact) mass is 242 g/mol. The van der Waals surface area contributed by atoms with E-state index in [2.05, 4.69) is 13.5 Å². The molecule has 0 aliphatic rings. The van der Waals surface area contributed by atoms with Gasteiger partial charge >= 0.3 is 11.9 Å². The van der Waals surface area contributed by atoms with Crippen molar-refractivity contribution in [2.75, 3.05) is 0 Å². The van der Waals surface area contributed by atoms with Crippen molar-refractivity contribution in [1.82, 2.24) is 0 Å². The van der Waals surface area contributed by atoms with Crippen LogP contribution in [-0.4, -0.2) is 23.1 Å². The number of esters is 1. The molecule has 1 unspecified atom stereocenters.